The summed E-state index contributed by atoms with van der Waals surface area (Å²) >= 11 is 1.52. The molecule has 2 aromatic carbocycles. The molecule has 0 atom stereocenters. The molecule has 0 saturated carbocycles. The molecule has 1 N–H and O–H groups in total. The lowest BCUT2D eigenvalue weighted by molar-refractivity contribution is 0.102. The van der Waals surface area contributed by atoms with Crippen LogP contribution < -0.4 is 10.1 Å². The predicted octanol–water partition coefficient (Wildman–Crippen LogP) is 5.58. The summed E-state index contributed by atoms with van der Waals surface area (Å²) in [5, 5.41) is 10.5. The van der Waals surface area contributed by atoms with Crippen molar-refractivity contribution in [2.24, 2.45) is 0 Å². The zero-order chi connectivity index (χ0) is 22.1. The summed E-state index contributed by atoms with van der Waals surface area (Å²) in [6.45, 7) is 1.94. The lowest BCUT2D eigenvalue weighted by Gasteiger charge is -2.04. The van der Waals surface area contributed by atoms with E-state index in [-0.39, 0.29) is 5.91 Å². The summed E-state index contributed by atoms with van der Waals surface area (Å²) in [5.41, 5.74) is 4.37. The van der Waals surface area contributed by atoms with Crippen LogP contribution in [0.3, 0.4) is 0 Å². The van der Waals surface area contributed by atoms with Crippen LogP contribution in [0.5, 0.6) is 5.75 Å². The van der Waals surface area contributed by atoms with E-state index in [9.17, 15) is 4.79 Å². The topological polar surface area (TPSA) is 90.1 Å². The van der Waals surface area contributed by atoms with Gasteiger partial charge in [-0.1, -0.05) is 11.2 Å². The van der Waals surface area contributed by atoms with Crippen LogP contribution in [0.15, 0.2) is 70.7 Å². The highest BCUT2D eigenvalue weighted by molar-refractivity contribution is 7.13. The number of rotatable bonds is 5. The Morgan fingerprint density at radius 2 is 1.94 bits per heavy atom. The van der Waals surface area contributed by atoms with Crippen molar-refractivity contribution < 1.29 is 14.1 Å². The largest absolute Gasteiger partial charge is 0.497 e. The van der Waals surface area contributed by atoms with Crippen LogP contribution in [-0.4, -0.2) is 28.1 Å². The second-order valence-electron chi connectivity index (χ2n) is 7.18. The van der Waals surface area contributed by atoms with Gasteiger partial charge in [-0.15, -0.1) is 11.3 Å². The van der Waals surface area contributed by atoms with Gasteiger partial charge in [-0.05, 0) is 61.0 Å². The van der Waals surface area contributed by atoms with E-state index >= 15 is 0 Å². The number of carbonyl (C=O) groups excluding carboxylic acids is 1. The Labute approximate surface area is 187 Å². The smallest absolute Gasteiger partial charge is 0.256 e. The minimum absolute atomic E-state index is 0.257. The third-order valence-corrected chi connectivity index (χ3v) is 5.86. The summed E-state index contributed by atoms with van der Waals surface area (Å²) in [6, 6.07) is 16.6. The quantitative estimate of drug-likeness (QED) is 0.382. The third kappa shape index (κ3) is 3.83. The van der Waals surface area contributed by atoms with E-state index in [0.29, 0.717) is 28.4 Å². The SMILES string of the molecule is COc1ccc(-c2nc(-c3noc4ccc(C(=O)Nc5ccc(C)cn5)cc34)cs2)cc1. The summed E-state index contributed by atoms with van der Waals surface area (Å²) in [7, 11) is 1.64. The zero-order valence-electron chi connectivity index (χ0n) is 17.3. The standard InChI is InChI=1S/C24H18N4O3S/c1-14-3-10-21(25-12-14)27-23(29)16-6-9-20-18(11-16)22(28-31-20)19-13-32-24(26-19)15-4-7-17(30-2)8-5-15/h3-13H,1-2H3,(H,25,27,29). The summed E-state index contributed by atoms with van der Waals surface area (Å²) in [4.78, 5) is 21.7. The molecule has 5 rings (SSSR count). The molecule has 3 heterocycles. The molecule has 5 aromatic rings. The number of ether oxygens (including phenoxy) is 1. The molecule has 1 amide bonds. The number of thiazole rings is 1. The van der Waals surface area contributed by atoms with Crippen molar-refractivity contribution in [3.05, 3.63) is 77.3 Å². The molecule has 0 saturated heterocycles. The fraction of sp³-hybridized carbons (Fsp3) is 0.0833. The highest BCUT2D eigenvalue weighted by atomic mass is 32.1. The highest BCUT2D eigenvalue weighted by Gasteiger charge is 2.17. The Bertz CT molecular complexity index is 1410. The maximum Gasteiger partial charge on any atom is 0.256 e. The Hall–Kier alpha value is -4.04. The van der Waals surface area contributed by atoms with Gasteiger partial charge in [0.15, 0.2) is 5.58 Å². The van der Waals surface area contributed by atoms with Crippen LogP contribution in [0.2, 0.25) is 0 Å². The summed E-state index contributed by atoms with van der Waals surface area (Å²) < 4.78 is 10.7. The van der Waals surface area contributed by atoms with Gasteiger partial charge in [-0.25, -0.2) is 9.97 Å². The van der Waals surface area contributed by atoms with Crippen LogP contribution in [0.1, 0.15) is 15.9 Å². The predicted molar refractivity (Wildman–Crippen MR) is 124 cm³/mol. The van der Waals surface area contributed by atoms with Gasteiger partial charge in [0.25, 0.3) is 5.91 Å². The zero-order valence-corrected chi connectivity index (χ0v) is 18.1. The minimum Gasteiger partial charge on any atom is -0.497 e. The van der Waals surface area contributed by atoms with Crippen molar-refractivity contribution in [1.82, 2.24) is 15.1 Å². The minimum atomic E-state index is -0.257. The fourth-order valence-corrected chi connectivity index (χ4v) is 4.05. The second-order valence-corrected chi connectivity index (χ2v) is 8.04. The van der Waals surface area contributed by atoms with Crippen LogP contribution in [-0.2, 0) is 0 Å². The molecule has 3 aromatic heterocycles. The van der Waals surface area contributed by atoms with E-state index in [4.69, 9.17) is 14.2 Å². The number of pyridine rings is 1. The van der Waals surface area contributed by atoms with Crippen molar-refractivity contribution in [1.29, 1.82) is 0 Å². The number of hydrogen-bond acceptors (Lipinski definition) is 7. The number of hydrogen-bond donors (Lipinski definition) is 1. The molecule has 0 aliphatic heterocycles. The van der Waals surface area contributed by atoms with E-state index < -0.39 is 0 Å². The first kappa shape index (κ1) is 19.9. The van der Waals surface area contributed by atoms with Crippen LogP contribution >= 0.6 is 11.3 Å². The normalized spacial score (nSPS) is 10.9. The number of nitrogens with one attached hydrogen (secondary N) is 1. The first-order valence-electron chi connectivity index (χ1n) is 9.84. The third-order valence-electron chi connectivity index (χ3n) is 4.97. The Kier molecular flexibility index (Phi) is 5.12. The number of aromatic nitrogens is 3. The molecule has 0 spiro atoms. The van der Waals surface area contributed by atoms with Gasteiger partial charge < -0.3 is 14.6 Å². The molecular formula is C24H18N4O3S. The van der Waals surface area contributed by atoms with Crippen molar-refractivity contribution in [2.45, 2.75) is 6.92 Å². The van der Waals surface area contributed by atoms with E-state index in [0.717, 1.165) is 27.3 Å². The van der Waals surface area contributed by atoms with Gasteiger partial charge in [0.1, 0.15) is 28.0 Å². The molecule has 7 nitrogen and oxygen atoms in total. The van der Waals surface area contributed by atoms with Crippen LogP contribution in [0, 0.1) is 6.92 Å². The molecule has 32 heavy (non-hydrogen) atoms. The highest BCUT2D eigenvalue weighted by Crippen LogP contribution is 2.33. The number of methoxy groups -OCH3 is 1. The molecule has 8 heteroatoms. The number of carbonyl (C=O) groups is 1. The Morgan fingerprint density at radius 1 is 1.09 bits per heavy atom. The maximum absolute atomic E-state index is 12.7. The molecule has 0 bridgehead atoms. The maximum atomic E-state index is 12.7. The summed E-state index contributed by atoms with van der Waals surface area (Å²) in [6.07, 6.45) is 1.71. The van der Waals surface area contributed by atoms with E-state index in [1.807, 2.05) is 42.6 Å². The Morgan fingerprint density at radius 3 is 2.69 bits per heavy atom. The van der Waals surface area contributed by atoms with Crippen LogP contribution in [0.4, 0.5) is 5.82 Å². The van der Waals surface area contributed by atoms with E-state index in [2.05, 4.69) is 15.5 Å². The number of fused-ring (bicyclic) bond motifs is 1. The first-order valence-corrected chi connectivity index (χ1v) is 10.7. The van der Waals surface area contributed by atoms with Gasteiger partial charge in [0.05, 0.1) is 12.5 Å². The van der Waals surface area contributed by atoms with Crippen molar-refractivity contribution in [3.8, 4) is 27.7 Å². The second kappa shape index (κ2) is 8.24. The number of aryl methyl sites for hydroxylation is 1. The van der Waals surface area contributed by atoms with Gasteiger partial charge in [0, 0.05) is 22.7 Å². The van der Waals surface area contributed by atoms with Crippen molar-refractivity contribution >= 4 is 34.0 Å². The molecule has 0 aliphatic carbocycles. The Balaban J connectivity index is 1.44. The molecule has 0 radical (unpaired) electrons. The number of amides is 1. The monoisotopic (exact) mass is 442 g/mol. The first-order chi connectivity index (χ1) is 15.6. The van der Waals surface area contributed by atoms with Gasteiger partial charge in [0.2, 0.25) is 0 Å². The summed E-state index contributed by atoms with van der Waals surface area (Å²) in [5.74, 6) is 1.03. The molecule has 0 unspecified atom stereocenters. The van der Waals surface area contributed by atoms with Gasteiger partial charge in [-0.2, -0.15) is 0 Å². The molecule has 0 aliphatic rings. The van der Waals surface area contributed by atoms with Gasteiger partial charge >= 0.3 is 0 Å². The molecular weight excluding hydrogens is 424 g/mol. The average Bonchev–Trinajstić information content (AvgIpc) is 3.47. The number of nitrogens with zero attached hydrogens (tertiary/aromatic N) is 3. The number of anilines is 1. The number of benzene rings is 2. The average molecular weight is 443 g/mol. The molecule has 0 fully saturated rings. The van der Waals surface area contributed by atoms with Gasteiger partial charge in [-0.3, -0.25) is 4.79 Å². The van der Waals surface area contributed by atoms with Crippen LogP contribution in [0.25, 0.3) is 32.9 Å². The lowest BCUT2D eigenvalue weighted by Crippen LogP contribution is -2.12. The van der Waals surface area contributed by atoms with Crippen molar-refractivity contribution in [2.75, 3.05) is 12.4 Å². The fourth-order valence-electron chi connectivity index (χ4n) is 3.24. The van der Waals surface area contributed by atoms with E-state index in [1.165, 1.54) is 11.3 Å². The molecule has 158 valence electrons. The van der Waals surface area contributed by atoms with Crippen molar-refractivity contribution in [3.63, 3.8) is 0 Å². The van der Waals surface area contributed by atoms with E-state index in [1.54, 1.807) is 37.6 Å². The lowest BCUT2D eigenvalue weighted by atomic mass is 10.1.